The minimum atomic E-state index is -0.958. The standard InChI is InChI=1S/C12H17N3O3/c1-13-15(3)12(18)14(2)8-9-4-6-10(7-5-9)11(16)17/h4-7,13H,8H2,1-3H3,(H,16,17). The quantitative estimate of drug-likeness (QED) is 0.783. The Labute approximate surface area is 106 Å². The Hall–Kier alpha value is -2.08. The first kappa shape index (κ1) is 14.0. The highest BCUT2D eigenvalue weighted by atomic mass is 16.4. The smallest absolute Gasteiger partial charge is 0.335 e. The van der Waals surface area contributed by atoms with E-state index in [4.69, 9.17) is 5.11 Å². The van der Waals surface area contributed by atoms with Gasteiger partial charge in [-0.15, -0.1) is 0 Å². The van der Waals surface area contributed by atoms with Gasteiger partial charge in [0.05, 0.1) is 5.56 Å². The zero-order chi connectivity index (χ0) is 13.7. The fourth-order valence-corrected chi connectivity index (χ4v) is 1.45. The average molecular weight is 251 g/mol. The SMILES string of the molecule is CNN(C)C(=O)N(C)Cc1ccc(C(=O)O)cc1. The lowest BCUT2D eigenvalue weighted by atomic mass is 10.1. The van der Waals surface area contributed by atoms with Crippen LogP contribution in [0.15, 0.2) is 24.3 Å². The van der Waals surface area contributed by atoms with Gasteiger partial charge in [-0.05, 0) is 17.7 Å². The lowest BCUT2D eigenvalue weighted by Crippen LogP contribution is -2.44. The first-order chi connectivity index (χ1) is 8.45. The first-order valence-electron chi connectivity index (χ1n) is 5.44. The average Bonchev–Trinajstić information content (AvgIpc) is 2.37. The number of nitrogens with one attached hydrogen (secondary N) is 1. The van der Waals surface area contributed by atoms with Gasteiger partial charge >= 0.3 is 12.0 Å². The number of carbonyl (C=O) groups is 2. The number of hydrazine groups is 1. The minimum Gasteiger partial charge on any atom is -0.478 e. The van der Waals surface area contributed by atoms with Gasteiger partial charge in [-0.3, -0.25) is 5.01 Å². The summed E-state index contributed by atoms with van der Waals surface area (Å²) in [5.41, 5.74) is 3.83. The van der Waals surface area contributed by atoms with Crippen molar-refractivity contribution in [3.05, 3.63) is 35.4 Å². The highest BCUT2D eigenvalue weighted by Crippen LogP contribution is 2.07. The van der Waals surface area contributed by atoms with Crippen LogP contribution in [0.2, 0.25) is 0 Å². The molecule has 0 bridgehead atoms. The number of urea groups is 1. The summed E-state index contributed by atoms with van der Waals surface area (Å²) in [5.74, 6) is -0.958. The lowest BCUT2D eigenvalue weighted by molar-refractivity contribution is 0.0697. The third-order valence-corrected chi connectivity index (χ3v) is 2.57. The zero-order valence-corrected chi connectivity index (χ0v) is 10.7. The highest BCUT2D eigenvalue weighted by Gasteiger charge is 2.13. The maximum atomic E-state index is 11.7. The third kappa shape index (κ3) is 3.46. The molecule has 0 aliphatic carbocycles. The summed E-state index contributed by atoms with van der Waals surface area (Å²) in [6.45, 7) is 0.421. The number of rotatable bonds is 4. The van der Waals surface area contributed by atoms with Crippen molar-refractivity contribution in [2.75, 3.05) is 21.1 Å². The predicted molar refractivity (Wildman–Crippen MR) is 67.1 cm³/mol. The topological polar surface area (TPSA) is 72.9 Å². The van der Waals surface area contributed by atoms with Gasteiger partial charge in [-0.2, -0.15) is 0 Å². The number of hydrogen-bond acceptors (Lipinski definition) is 3. The van der Waals surface area contributed by atoms with Gasteiger partial charge in [0.25, 0.3) is 0 Å². The van der Waals surface area contributed by atoms with Crippen LogP contribution in [-0.2, 0) is 6.54 Å². The number of amides is 2. The molecule has 1 aromatic rings. The number of aromatic carboxylic acids is 1. The van der Waals surface area contributed by atoms with Crippen LogP contribution in [0.5, 0.6) is 0 Å². The van der Waals surface area contributed by atoms with Gasteiger partial charge < -0.3 is 10.0 Å². The normalized spacial score (nSPS) is 9.94. The molecule has 0 atom stereocenters. The van der Waals surface area contributed by atoms with Crippen LogP contribution in [0.3, 0.4) is 0 Å². The summed E-state index contributed by atoms with van der Waals surface area (Å²) < 4.78 is 0. The van der Waals surface area contributed by atoms with Gasteiger partial charge in [0.2, 0.25) is 0 Å². The second-order valence-corrected chi connectivity index (χ2v) is 3.92. The molecule has 0 spiro atoms. The molecule has 0 radical (unpaired) electrons. The molecule has 0 fully saturated rings. The Morgan fingerprint density at radius 2 is 1.78 bits per heavy atom. The lowest BCUT2D eigenvalue weighted by Gasteiger charge is -2.24. The summed E-state index contributed by atoms with van der Waals surface area (Å²) in [5, 5.41) is 10.1. The van der Waals surface area contributed by atoms with Crippen molar-refractivity contribution in [1.29, 1.82) is 0 Å². The van der Waals surface area contributed by atoms with Crippen LogP contribution in [-0.4, -0.2) is 48.2 Å². The van der Waals surface area contributed by atoms with E-state index in [1.165, 1.54) is 22.0 Å². The maximum Gasteiger partial charge on any atom is 0.335 e. The number of benzene rings is 1. The molecule has 6 nitrogen and oxygen atoms in total. The molecule has 1 aromatic carbocycles. The van der Waals surface area contributed by atoms with E-state index in [0.717, 1.165) is 5.56 Å². The van der Waals surface area contributed by atoms with Gasteiger partial charge in [-0.25, -0.2) is 15.0 Å². The van der Waals surface area contributed by atoms with Crippen LogP contribution in [0, 0.1) is 0 Å². The van der Waals surface area contributed by atoms with Crippen LogP contribution >= 0.6 is 0 Å². The fraction of sp³-hybridized carbons (Fsp3) is 0.333. The molecule has 2 N–H and O–H groups in total. The summed E-state index contributed by atoms with van der Waals surface area (Å²) in [4.78, 5) is 24.0. The summed E-state index contributed by atoms with van der Waals surface area (Å²) in [6.07, 6.45) is 0. The molecule has 18 heavy (non-hydrogen) atoms. The van der Waals surface area contributed by atoms with Crippen molar-refractivity contribution in [2.24, 2.45) is 0 Å². The van der Waals surface area contributed by atoms with E-state index in [2.05, 4.69) is 5.43 Å². The molecule has 2 amide bonds. The number of hydrogen-bond donors (Lipinski definition) is 2. The van der Waals surface area contributed by atoms with E-state index in [1.807, 2.05) is 0 Å². The maximum absolute atomic E-state index is 11.7. The molecule has 98 valence electrons. The third-order valence-electron chi connectivity index (χ3n) is 2.57. The highest BCUT2D eigenvalue weighted by molar-refractivity contribution is 5.87. The Morgan fingerprint density at radius 3 is 2.22 bits per heavy atom. The van der Waals surface area contributed by atoms with E-state index < -0.39 is 5.97 Å². The van der Waals surface area contributed by atoms with E-state index >= 15 is 0 Å². The van der Waals surface area contributed by atoms with E-state index in [-0.39, 0.29) is 11.6 Å². The molecule has 0 unspecified atom stereocenters. The number of carbonyl (C=O) groups excluding carboxylic acids is 1. The first-order valence-corrected chi connectivity index (χ1v) is 5.44. The number of carboxylic acids is 1. The van der Waals surface area contributed by atoms with Crippen molar-refractivity contribution < 1.29 is 14.7 Å². The number of carboxylic acid groups (broad SMARTS) is 1. The summed E-state index contributed by atoms with van der Waals surface area (Å²) in [6, 6.07) is 6.29. The van der Waals surface area contributed by atoms with Crippen molar-refractivity contribution in [1.82, 2.24) is 15.3 Å². The van der Waals surface area contributed by atoms with E-state index in [1.54, 1.807) is 33.3 Å². The van der Waals surface area contributed by atoms with Gasteiger partial charge in [-0.1, -0.05) is 12.1 Å². The molecule has 0 saturated carbocycles. The molecule has 0 heterocycles. The van der Waals surface area contributed by atoms with E-state index in [9.17, 15) is 9.59 Å². The van der Waals surface area contributed by atoms with Crippen LogP contribution in [0.4, 0.5) is 4.79 Å². The van der Waals surface area contributed by atoms with Crippen molar-refractivity contribution in [3.8, 4) is 0 Å². The van der Waals surface area contributed by atoms with Crippen LogP contribution < -0.4 is 5.43 Å². The predicted octanol–water partition coefficient (Wildman–Crippen LogP) is 1.00. The van der Waals surface area contributed by atoms with Crippen LogP contribution in [0.1, 0.15) is 15.9 Å². The van der Waals surface area contributed by atoms with E-state index in [0.29, 0.717) is 6.54 Å². The summed E-state index contributed by atoms with van der Waals surface area (Å²) in [7, 11) is 4.97. The zero-order valence-electron chi connectivity index (χ0n) is 10.7. The molecular weight excluding hydrogens is 234 g/mol. The summed E-state index contributed by atoms with van der Waals surface area (Å²) >= 11 is 0. The molecule has 6 heteroatoms. The molecular formula is C12H17N3O3. The van der Waals surface area contributed by atoms with Crippen molar-refractivity contribution >= 4 is 12.0 Å². The second-order valence-electron chi connectivity index (χ2n) is 3.92. The molecule has 0 aliphatic rings. The van der Waals surface area contributed by atoms with Crippen molar-refractivity contribution in [2.45, 2.75) is 6.54 Å². The Bertz CT molecular complexity index is 431. The monoisotopic (exact) mass is 251 g/mol. The Balaban J connectivity index is 2.67. The molecule has 1 rings (SSSR count). The Kier molecular flexibility index (Phi) is 4.67. The van der Waals surface area contributed by atoms with Crippen molar-refractivity contribution in [3.63, 3.8) is 0 Å². The van der Waals surface area contributed by atoms with Gasteiger partial charge in [0.1, 0.15) is 0 Å². The fourth-order valence-electron chi connectivity index (χ4n) is 1.45. The molecule has 0 aromatic heterocycles. The number of nitrogens with zero attached hydrogens (tertiary/aromatic N) is 2. The van der Waals surface area contributed by atoms with Gasteiger partial charge in [0, 0.05) is 27.7 Å². The molecule has 0 aliphatic heterocycles. The van der Waals surface area contributed by atoms with Gasteiger partial charge in [0.15, 0.2) is 0 Å². The largest absolute Gasteiger partial charge is 0.478 e. The van der Waals surface area contributed by atoms with Crippen LogP contribution in [0.25, 0.3) is 0 Å². The Morgan fingerprint density at radius 1 is 1.22 bits per heavy atom. The molecule has 0 saturated heterocycles. The minimum absolute atomic E-state index is 0.167. The second kappa shape index (κ2) is 6.02.